The lowest BCUT2D eigenvalue weighted by molar-refractivity contribution is 0.383. The van der Waals surface area contributed by atoms with E-state index < -0.39 is 5.54 Å². The van der Waals surface area contributed by atoms with Crippen molar-refractivity contribution in [2.45, 2.75) is 25.8 Å². The number of halogens is 1. The van der Waals surface area contributed by atoms with Crippen molar-refractivity contribution in [1.82, 2.24) is 0 Å². The summed E-state index contributed by atoms with van der Waals surface area (Å²) in [6.45, 7) is 4.02. The summed E-state index contributed by atoms with van der Waals surface area (Å²) in [5, 5.41) is 0.686. The van der Waals surface area contributed by atoms with Crippen molar-refractivity contribution in [3.8, 4) is 5.75 Å². The number of nitrogens with two attached hydrogens (primary N) is 1. The molecule has 0 aromatic heterocycles. The number of hydrogen-bond donors (Lipinski definition) is 1. The van der Waals surface area contributed by atoms with Gasteiger partial charge in [-0.1, -0.05) is 18.5 Å². The van der Waals surface area contributed by atoms with E-state index in [4.69, 9.17) is 22.1 Å². The molecule has 3 heteroatoms. The van der Waals surface area contributed by atoms with Crippen LogP contribution in [0.25, 0.3) is 0 Å². The zero-order valence-corrected chi connectivity index (χ0v) is 9.56. The Morgan fingerprint density at radius 3 is 2.64 bits per heavy atom. The Morgan fingerprint density at radius 2 is 2.14 bits per heavy atom. The van der Waals surface area contributed by atoms with Gasteiger partial charge in [0.2, 0.25) is 0 Å². The summed E-state index contributed by atoms with van der Waals surface area (Å²) >= 11 is 5.93. The average Bonchev–Trinajstić information content (AvgIpc) is 2.18. The number of ether oxygens (including phenoxy) is 1. The second kappa shape index (κ2) is 4.20. The van der Waals surface area contributed by atoms with Gasteiger partial charge >= 0.3 is 0 Å². The third kappa shape index (κ3) is 2.20. The van der Waals surface area contributed by atoms with Gasteiger partial charge in [0.25, 0.3) is 0 Å². The molecule has 1 atom stereocenters. The lowest BCUT2D eigenvalue weighted by Crippen LogP contribution is -2.32. The molecule has 2 nitrogen and oxygen atoms in total. The molecule has 0 radical (unpaired) electrons. The van der Waals surface area contributed by atoms with E-state index in [-0.39, 0.29) is 0 Å². The average molecular weight is 214 g/mol. The summed E-state index contributed by atoms with van der Waals surface area (Å²) < 4.78 is 5.25. The van der Waals surface area contributed by atoms with Gasteiger partial charge in [-0.2, -0.15) is 0 Å². The molecular formula is C11H16ClNO. The minimum Gasteiger partial charge on any atom is -0.496 e. The van der Waals surface area contributed by atoms with Gasteiger partial charge in [0, 0.05) is 16.1 Å². The maximum atomic E-state index is 6.14. The van der Waals surface area contributed by atoms with Gasteiger partial charge in [-0.15, -0.1) is 0 Å². The Morgan fingerprint density at radius 1 is 1.50 bits per heavy atom. The molecule has 0 aliphatic carbocycles. The van der Waals surface area contributed by atoms with E-state index in [2.05, 4.69) is 0 Å². The highest BCUT2D eigenvalue weighted by Gasteiger charge is 2.22. The summed E-state index contributed by atoms with van der Waals surface area (Å²) in [4.78, 5) is 0. The molecule has 1 rings (SSSR count). The summed E-state index contributed by atoms with van der Waals surface area (Å²) in [6.07, 6.45) is 0.837. The van der Waals surface area contributed by atoms with Crippen LogP contribution in [0.1, 0.15) is 25.8 Å². The first-order valence-corrected chi connectivity index (χ1v) is 5.02. The molecule has 78 valence electrons. The Hall–Kier alpha value is -0.730. The third-order valence-electron chi connectivity index (χ3n) is 2.51. The molecule has 1 aromatic carbocycles. The molecule has 0 heterocycles. The number of hydrogen-bond acceptors (Lipinski definition) is 2. The minimum absolute atomic E-state index is 0.393. The Kier molecular flexibility index (Phi) is 3.40. The first-order chi connectivity index (χ1) is 6.51. The molecule has 1 aromatic rings. The minimum atomic E-state index is -0.393. The van der Waals surface area contributed by atoms with Crippen LogP contribution in [0.2, 0.25) is 5.02 Å². The largest absolute Gasteiger partial charge is 0.496 e. The van der Waals surface area contributed by atoms with Crippen LogP contribution < -0.4 is 10.5 Å². The van der Waals surface area contributed by atoms with Gasteiger partial charge in [-0.05, 0) is 31.5 Å². The number of benzene rings is 1. The maximum absolute atomic E-state index is 6.14. The molecule has 0 spiro atoms. The first kappa shape index (κ1) is 11.3. The van der Waals surface area contributed by atoms with Crippen molar-refractivity contribution in [2.75, 3.05) is 7.11 Å². The van der Waals surface area contributed by atoms with Crippen molar-refractivity contribution < 1.29 is 4.74 Å². The smallest absolute Gasteiger partial charge is 0.124 e. The van der Waals surface area contributed by atoms with Crippen LogP contribution in [0.4, 0.5) is 0 Å². The molecule has 0 saturated heterocycles. The second-order valence-corrected chi connectivity index (χ2v) is 4.05. The van der Waals surface area contributed by atoms with Crippen LogP contribution in [-0.4, -0.2) is 7.11 Å². The zero-order valence-electron chi connectivity index (χ0n) is 8.80. The Balaban J connectivity index is 3.23. The highest BCUT2D eigenvalue weighted by molar-refractivity contribution is 6.30. The van der Waals surface area contributed by atoms with Crippen LogP contribution in [-0.2, 0) is 5.54 Å². The Labute approximate surface area is 90.0 Å². The summed E-state index contributed by atoms with van der Waals surface area (Å²) in [6, 6.07) is 5.51. The zero-order chi connectivity index (χ0) is 10.8. The van der Waals surface area contributed by atoms with Crippen LogP contribution >= 0.6 is 11.6 Å². The van der Waals surface area contributed by atoms with E-state index in [0.29, 0.717) is 5.02 Å². The highest BCUT2D eigenvalue weighted by atomic mass is 35.5. The molecule has 0 amide bonds. The van der Waals surface area contributed by atoms with Crippen molar-refractivity contribution in [2.24, 2.45) is 5.73 Å². The van der Waals surface area contributed by atoms with Crippen LogP contribution in [0.15, 0.2) is 18.2 Å². The van der Waals surface area contributed by atoms with Crippen molar-refractivity contribution in [3.63, 3.8) is 0 Å². The lowest BCUT2D eigenvalue weighted by atomic mass is 9.90. The fourth-order valence-corrected chi connectivity index (χ4v) is 1.49. The molecule has 2 N–H and O–H groups in total. The van der Waals surface area contributed by atoms with E-state index in [9.17, 15) is 0 Å². The van der Waals surface area contributed by atoms with E-state index in [1.54, 1.807) is 13.2 Å². The van der Waals surface area contributed by atoms with E-state index in [0.717, 1.165) is 17.7 Å². The van der Waals surface area contributed by atoms with Gasteiger partial charge < -0.3 is 10.5 Å². The van der Waals surface area contributed by atoms with E-state index >= 15 is 0 Å². The van der Waals surface area contributed by atoms with Crippen LogP contribution in [0.5, 0.6) is 5.75 Å². The van der Waals surface area contributed by atoms with Gasteiger partial charge in [0.1, 0.15) is 5.75 Å². The van der Waals surface area contributed by atoms with Gasteiger partial charge in [-0.3, -0.25) is 0 Å². The lowest BCUT2D eigenvalue weighted by Gasteiger charge is -2.25. The van der Waals surface area contributed by atoms with Crippen molar-refractivity contribution in [1.29, 1.82) is 0 Å². The summed E-state index contributed by atoms with van der Waals surface area (Å²) in [5.74, 6) is 0.793. The van der Waals surface area contributed by atoms with Crippen molar-refractivity contribution in [3.05, 3.63) is 28.8 Å². The second-order valence-electron chi connectivity index (χ2n) is 3.62. The predicted octanol–water partition coefficient (Wildman–Crippen LogP) is 2.93. The van der Waals surface area contributed by atoms with E-state index in [1.807, 2.05) is 26.0 Å². The molecule has 0 fully saturated rings. The standard InChI is InChI=1S/C11H16ClNO/c1-4-11(2,13)9-7-8(12)5-6-10(9)14-3/h5-7H,4,13H2,1-3H3. The van der Waals surface area contributed by atoms with Crippen LogP contribution in [0, 0.1) is 0 Å². The fourth-order valence-electron chi connectivity index (χ4n) is 1.32. The third-order valence-corrected chi connectivity index (χ3v) is 2.75. The molecular weight excluding hydrogens is 198 g/mol. The molecule has 1 unspecified atom stereocenters. The molecule has 0 aliphatic heterocycles. The fraction of sp³-hybridized carbons (Fsp3) is 0.455. The normalized spacial score (nSPS) is 14.9. The number of methoxy groups -OCH3 is 1. The topological polar surface area (TPSA) is 35.2 Å². The van der Waals surface area contributed by atoms with Crippen molar-refractivity contribution >= 4 is 11.6 Å². The maximum Gasteiger partial charge on any atom is 0.124 e. The summed E-state index contributed by atoms with van der Waals surface area (Å²) in [7, 11) is 1.64. The molecule has 0 aliphatic rings. The Bertz CT molecular complexity index is 323. The predicted molar refractivity (Wildman–Crippen MR) is 59.8 cm³/mol. The van der Waals surface area contributed by atoms with Gasteiger partial charge in [0.15, 0.2) is 0 Å². The van der Waals surface area contributed by atoms with Gasteiger partial charge in [-0.25, -0.2) is 0 Å². The number of rotatable bonds is 3. The van der Waals surface area contributed by atoms with Gasteiger partial charge in [0.05, 0.1) is 7.11 Å². The summed E-state index contributed by atoms with van der Waals surface area (Å²) in [5.41, 5.74) is 6.71. The quantitative estimate of drug-likeness (QED) is 0.838. The van der Waals surface area contributed by atoms with E-state index in [1.165, 1.54) is 0 Å². The highest BCUT2D eigenvalue weighted by Crippen LogP contribution is 2.32. The monoisotopic (exact) mass is 213 g/mol. The first-order valence-electron chi connectivity index (χ1n) is 4.64. The SMILES string of the molecule is CCC(C)(N)c1cc(Cl)ccc1OC. The molecule has 0 bridgehead atoms. The van der Waals surface area contributed by atoms with Crippen LogP contribution in [0.3, 0.4) is 0 Å². The molecule has 0 saturated carbocycles. The molecule has 14 heavy (non-hydrogen) atoms.